The lowest BCUT2D eigenvalue weighted by atomic mass is 10.1. The summed E-state index contributed by atoms with van der Waals surface area (Å²) in [5.74, 6) is -0.667. The van der Waals surface area contributed by atoms with Crippen molar-refractivity contribution in [1.82, 2.24) is 5.32 Å². The highest BCUT2D eigenvalue weighted by atomic mass is 16.4. The van der Waals surface area contributed by atoms with E-state index in [-0.39, 0.29) is 5.75 Å². The summed E-state index contributed by atoms with van der Waals surface area (Å²) in [4.78, 5) is 11.3. The van der Waals surface area contributed by atoms with Crippen LogP contribution in [0, 0.1) is 0 Å². The number of carboxylic acid groups (broad SMARTS) is 1. The molecule has 4 heteroatoms. The zero-order valence-corrected chi connectivity index (χ0v) is 12.4. The zero-order valence-electron chi connectivity index (χ0n) is 12.4. The van der Waals surface area contributed by atoms with Gasteiger partial charge in [0.05, 0.1) is 0 Å². The zero-order chi connectivity index (χ0) is 15.8. The molecule has 0 fully saturated rings. The number of aryl methyl sites for hydroxylation is 1. The highest BCUT2D eigenvalue weighted by Gasteiger charge is 2.16. The number of hydrogen-bond acceptors (Lipinski definition) is 3. The van der Waals surface area contributed by atoms with Gasteiger partial charge in [0, 0.05) is 0 Å². The Morgan fingerprint density at radius 3 is 2.32 bits per heavy atom. The van der Waals surface area contributed by atoms with Gasteiger partial charge in [-0.2, -0.15) is 0 Å². The normalized spacial score (nSPS) is 12.0. The Balaban J connectivity index is 1.79. The van der Waals surface area contributed by atoms with Gasteiger partial charge in [-0.15, -0.1) is 0 Å². The number of aliphatic carboxylic acids is 1. The van der Waals surface area contributed by atoms with Gasteiger partial charge in [-0.1, -0.05) is 42.5 Å². The molecule has 0 heterocycles. The van der Waals surface area contributed by atoms with Crippen LogP contribution in [0.2, 0.25) is 0 Å². The second-order valence-electron chi connectivity index (χ2n) is 5.30. The number of rotatable bonds is 8. The summed E-state index contributed by atoms with van der Waals surface area (Å²) in [5, 5.41) is 21.6. The van der Waals surface area contributed by atoms with E-state index in [9.17, 15) is 15.0 Å². The molecular formula is C18H21NO3. The van der Waals surface area contributed by atoms with E-state index in [1.807, 2.05) is 18.2 Å². The first-order chi connectivity index (χ1) is 10.6. The molecule has 1 unspecified atom stereocenters. The van der Waals surface area contributed by atoms with Crippen molar-refractivity contribution < 1.29 is 15.0 Å². The summed E-state index contributed by atoms with van der Waals surface area (Å²) < 4.78 is 0. The molecule has 116 valence electrons. The molecule has 0 aliphatic carbocycles. The molecule has 0 bridgehead atoms. The number of aromatic hydroxyl groups is 1. The first-order valence-corrected chi connectivity index (χ1v) is 7.43. The maximum Gasteiger partial charge on any atom is 0.321 e. The molecule has 0 saturated carbocycles. The van der Waals surface area contributed by atoms with Crippen LogP contribution in [0.4, 0.5) is 0 Å². The van der Waals surface area contributed by atoms with E-state index in [2.05, 4.69) is 17.4 Å². The van der Waals surface area contributed by atoms with Gasteiger partial charge in [0.1, 0.15) is 11.8 Å². The maximum absolute atomic E-state index is 11.3. The predicted octanol–water partition coefficient (Wildman–Crippen LogP) is 2.61. The van der Waals surface area contributed by atoms with Gasteiger partial charge >= 0.3 is 5.97 Å². The van der Waals surface area contributed by atoms with Gasteiger partial charge in [0.25, 0.3) is 0 Å². The smallest absolute Gasteiger partial charge is 0.321 e. The van der Waals surface area contributed by atoms with Gasteiger partial charge in [-0.05, 0) is 49.1 Å². The van der Waals surface area contributed by atoms with Crippen molar-refractivity contribution in [3.05, 3.63) is 65.7 Å². The largest absolute Gasteiger partial charge is 0.508 e. The van der Waals surface area contributed by atoms with E-state index in [0.29, 0.717) is 13.0 Å². The number of carboxylic acids is 1. The molecule has 0 aliphatic rings. The van der Waals surface area contributed by atoms with Gasteiger partial charge < -0.3 is 15.5 Å². The molecule has 22 heavy (non-hydrogen) atoms. The van der Waals surface area contributed by atoms with Crippen LogP contribution in [0.1, 0.15) is 17.5 Å². The molecule has 1 atom stereocenters. The number of phenolic OH excluding ortho intramolecular Hbond substituents is 1. The average molecular weight is 299 g/mol. The van der Waals surface area contributed by atoms with E-state index < -0.39 is 12.0 Å². The molecule has 2 aromatic carbocycles. The molecule has 2 aromatic rings. The Labute approximate surface area is 130 Å². The predicted molar refractivity (Wildman–Crippen MR) is 86.0 cm³/mol. The van der Waals surface area contributed by atoms with Crippen molar-refractivity contribution in [3.8, 4) is 5.75 Å². The lowest BCUT2D eigenvalue weighted by Gasteiger charge is -2.14. The van der Waals surface area contributed by atoms with Crippen LogP contribution in [0.5, 0.6) is 5.75 Å². The molecule has 0 spiro atoms. The highest BCUT2D eigenvalue weighted by Crippen LogP contribution is 2.11. The van der Waals surface area contributed by atoms with Crippen LogP contribution in [-0.2, 0) is 17.6 Å². The SMILES string of the molecule is O=C(O)C(Cc1ccc(O)cc1)NCCCc1ccccc1. The maximum atomic E-state index is 11.3. The average Bonchev–Trinajstić information content (AvgIpc) is 2.53. The monoisotopic (exact) mass is 299 g/mol. The fourth-order valence-corrected chi connectivity index (χ4v) is 2.33. The molecule has 0 aliphatic heterocycles. The number of nitrogens with one attached hydrogen (secondary N) is 1. The standard InChI is InChI=1S/C18H21NO3/c20-16-10-8-15(9-11-16)13-17(18(21)22)19-12-4-7-14-5-2-1-3-6-14/h1-3,5-6,8-11,17,19-20H,4,7,12-13H2,(H,21,22). The quantitative estimate of drug-likeness (QED) is 0.655. The number of carbonyl (C=O) groups is 1. The molecule has 0 saturated heterocycles. The first kappa shape index (κ1) is 16.0. The third kappa shape index (κ3) is 5.22. The van der Waals surface area contributed by atoms with Crippen molar-refractivity contribution in [2.24, 2.45) is 0 Å². The Bertz CT molecular complexity index is 581. The lowest BCUT2D eigenvalue weighted by molar-refractivity contribution is -0.139. The van der Waals surface area contributed by atoms with Crippen LogP contribution < -0.4 is 5.32 Å². The van der Waals surface area contributed by atoms with Crippen LogP contribution in [0.25, 0.3) is 0 Å². The number of benzene rings is 2. The molecular weight excluding hydrogens is 278 g/mol. The van der Waals surface area contributed by atoms with Gasteiger partial charge in [-0.25, -0.2) is 0 Å². The van der Waals surface area contributed by atoms with Crippen LogP contribution in [0.3, 0.4) is 0 Å². The second-order valence-corrected chi connectivity index (χ2v) is 5.30. The minimum absolute atomic E-state index is 0.187. The van der Waals surface area contributed by atoms with Crippen molar-refractivity contribution in [2.45, 2.75) is 25.3 Å². The third-order valence-corrected chi connectivity index (χ3v) is 3.55. The van der Waals surface area contributed by atoms with Crippen LogP contribution in [0.15, 0.2) is 54.6 Å². The molecule has 0 aromatic heterocycles. The molecule has 0 amide bonds. The first-order valence-electron chi connectivity index (χ1n) is 7.43. The van der Waals surface area contributed by atoms with E-state index in [0.717, 1.165) is 18.4 Å². The summed E-state index contributed by atoms with van der Waals surface area (Å²) in [5.41, 5.74) is 2.15. The Morgan fingerprint density at radius 2 is 1.68 bits per heavy atom. The number of hydrogen-bond donors (Lipinski definition) is 3. The van der Waals surface area contributed by atoms with Gasteiger partial charge in [-0.3, -0.25) is 4.79 Å². The van der Waals surface area contributed by atoms with E-state index >= 15 is 0 Å². The van der Waals surface area contributed by atoms with E-state index in [1.165, 1.54) is 5.56 Å². The minimum atomic E-state index is -0.854. The molecule has 0 radical (unpaired) electrons. The molecule has 2 rings (SSSR count). The van der Waals surface area contributed by atoms with Crippen molar-refractivity contribution in [1.29, 1.82) is 0 Å². The Hall–Kier alpha value is -2.33. The summed E-state index contributed by atoms with van der Waals surface area (Å²) in [6.45, 7) is 0.657. The van der Waals surface area contributed by atoms with Crippen molar-refractivity contribution in [3.63, 3.8) is 0 Å². The summed E-state index contributed by atoms with van der Waals surface area (Å²) in [6, 6.07) is 16.2. The minimum Gasteiger partial charge on any atom is -0.508 e. The number of phenols is 1. The molecule has 4 nitrogen and oxygen atoms in total. The van der Waals surface area contributed by atoms with E-state index in [1.54, 1.807) is 24.3 Å². The lowest BCUT2D eigenvalue weighted by Crippen LogP contribution is -2.39. The van der Waals surface area contributed by atoms with Gasteiger partial charge in [0.2, 0.25) is 0 Å². The van der Waals surface area contributed by atoms with Crippen LogP contribution in [-0.4, -0.2) is 28.8 Å². The van der Waals surface area contributed by atoms with E-state index in [4.69, 9.17) is 0 Å². The Morgan fingerprint density at radius 1 is 1.00 bits per heavy atom. The topological polar surface area (TPSA) is 69.6 Å². The fraction of sp³-hybridized carbons (Fsp3) is 0.278. The summed E-state index contributed by atoms with van der Waals surface area (Å²) >= 11 is 0. The van der Waals surface area contributed by atoms with Crippen molar-refractivity contribution in [2.75, 3.05) is 6.54 Å². The summed E-state index contributed by atoms with van der Waals surface area (Å²) in [6.07, 6.45) is 2.23. The second kappa shape index (κ2) is 8.20. The fourth-order valence-electron chi connectivity index (χ4n) is 2.33. The summed E-state index contributed by atoms with van der Waals surface area (Å²) in [7, 11) is 0. The Kier molecular flexibility index (Phi) is 5.98. The highest BCUT2D eigenvalue weighted by molar-refractivity contribution is 5.73. The molecule has 3 N–H and O–H groups in total. The van der Waals surface area contributed by atoms with Gasteiger partial charge in [0.15, 0.2) is 0 Å². The van der Waals surface area contributed by atoms with Crippen molar-refractivity contribution >= 4 is 5.97 Å². The third-order valence-electron chi connectivity index (χ3n) is 3.55. The van der Waals surface area contributed by atoms with Crippen LogP contribution >= 0.6 is 0 Å².